The molecule has 0 saturated carbocycles. The Morgan fingerprint density at radius 2 is 1.51 bits per heavy atom. The summed E-state index contributed by atoms with van der Waals surface area (Å²) in [5.74, 6) is -1.77. The Bertz CT molecular complexity index is 1430. The summed E-state index contributed by atoms with van der Waals surface area (Å²) in [5, 5.41) is 14.1. The molecule has 0 saturated heterocycles. The molecule has 3 aromatic carbocycles. The summed E-state index contributed by atoms with van der Waals surface area (Å²) in [6.45, 7) is 5.31. The summed E-state index contributed by atoms with van der Waals surface area (Å²) in [7, 11) is 0. The molecule has 3 rings (SSSR count). The number of nitrogens with two attached hydrogens (primary N) is 1. The largest absolute Gasteiger partial charge is 0.487 e. The second kappa shape index (κ2) is 13.7. The molecule has 0 radical (unpaired) electrons. The van der Waals surface area contributed by atoms with Crippen LogP contribution in [0.1, 0.15) is 59.0 Å². The Hall–Kier alpha value is -5.19. The number of anilines is 1. The van der Waals surface area contributed by atoms with Crippen LogP contribution in [0.4, 0.5) is 10.5 Å². The highest BCUT2D eigenvalue weighted by Gasteiger charge is 2.17. The number of hydrogen-bond donors (Lipinski definition) is 4. The second-order valence-corrected chi connectivity index (χ2v) is 9.89. The molecule has 0 aromatic heterocycles. The summed E-state index contributed by atoms with van der Waals surface area (Å²) in [4.78, 5) is 52.1. The van der Waals surface area contributed by atoms with Crippen LogP contribution >= 0.6 is 0 Å². The van der Waals surface area contributed by atoms with Gasteiger partial charge >= 0.3 is 12.1 Å². The number of aliphatic carboxylic acids is 1. The third kappa shape index (κ3) is 9.81. The average Bonchev–Trinajstić information content (AvgIpc) is 2.91. The van der Waals surface area contributed by atoms with Gasteiger partial charge in [0.1, 0.15) is 23.8 Å². The van der Waals surface area contributed by atoms with Gasteiger partial charge in [0, 0.05) is 23.2 Å². The lowest BCUT2D eigenvalue weighted by Crippen LogP contribution is -2.26. The summed E-state index contributed by atoms with van der Waals surface area (Å²) < 4.78 is 11.1. The van der Waals surface area contributed by atoms with E-state index in [1.54, 1.807) is 26.8 Å². The van der Waals surface area contributed by atoms with E-state index in [-0.39, 0.29) is 42.2 Å². The number of ether oxygens (including phenoxy) is 2. The molecule has 0 heterocycles. The van der Waals surface area contributed by atoms with Crippen LogP contribution in [0.2, 0.25) is 0 Å². The molecule has 0 fully saturated rings. The number of hydrogen-bond acceptors (Lipinski definition) is 6. The number of carboxylic acids is 1. The van der Waals surface area contributed by atoms with Crippen molar-refractivity contribution in [1.29, 1.82) is 0 Å². The van der Waals surface area contributed by atoms with E-state index in [9.17, 15) is 19.2 Å². The quantitative estimate of drug-likeness (QED) is 0.209. The molecule has 5 N–H and O–H groups in total. The highest BCUT2D eigenvalue weighted by Crippen LogP contribution is 2.28. The fraction of sp³-hybridized carbons (Fsp3) is 0.233. The van der Waals surface area contributed by atoms with Crippen molar-refractivity contribution in [2.24, 2.45) is 10.7 Å². The van der Waals surface area contributed by atoms with Crippen molar-refractivity contribution in [1.82, 2.24) is 5.32 Å². The van der Waals surface area contributed by atoms with Crippen LogP contribution in [0.25, 0.3) is 0 Å². The van der Waals surface area contributed by atoms with Crippen molar-refractivity contribution in [3.05, 3.63) is 95.1 Å². The molecule has 11 nitrogen and oxygen atoms in total. The molecule has 41 heavy (non-hydrogen) atoms. The number of amides is 3. The molecule has 0 bridgehead atoms. The topological polar surface area (TPSA) is 169 Å². The smallest absolute Gasteiger partial charge is 0.436 e. The van der Waals surface area contributed by atoms with Gasteiger partial charge in [-0.05, 0) is 56.7 Å². The minimum atomic E-state index is -1.04. The lowest BCUT2D eigenvalue weighted by molar-refractivity contribution is -0.136. The molecule has 0 aliphatic rings. The highest BCUT2D eigenvalue weighted by molar-refractivity contribution is 6.07. The van der Waals surface area contributed by atoms with Gasteiger partial charge in [-0.3, -0.25) is 14.4 Å². The van der Waals surface area contributed by atoms with E-state index in [0.717, 1.165) is 5.56 Å². The number of amidine groups is 1. The van der Waals surface area contributed by atoms with Gasteiger partial charge in [0.2, 0.25) is 0 Å². The van der Waals surface area contributed by atoms with E-state index in [1.165, 1.54) is 36.4 Å². The lowest BCUT2D eigenvalue weighted by atomic mass is 10.1. The fourth-order valence-electron chi connectivity index (χ4n) is 3.45. The molecule has 3 aromatic rings. The first kappa shape index (κ1) is 30.4. The molecule has 0 atom stereocenters. The van der Waals surface area contributed by atoms with Crippen LogP contribution in [0.3, 0.4) is 0 Å². The number of carbonyl (C=O) groups excluding carboxylic acids is 3. The number of carbonyl (C=O) groups is 4. The van der Waals surface area contributed by atoms with Gasteiger partial charge in [-0.15, -0.1) is 0 Å². The van der Waals surface area contributed by atoms with Gasteiger partial charge in [0.25, 0.3) is 11.8 Å². The SMILES string of the molecule is CC(C)(C)OC(=O)N=C(N)c1ccc(C(=O)Nc2cc(C(=O)NCCC(=O)O)ccc2OCc2ccccc2)cc1. The van der Waals surface area contributed by atoms with E-state index in [1.807, 2.05) is 30.3 Å². The zero-order valence-electron chi connectivity index (χ0n) is 23.0. The third-order valence-corrected chi connectivity index (χ3v) is 5.40. The monoisotopic (exact) mass is 560 g/mol. The summed E-state index contributed by atoms with van der Waals surface area (Å²) in [6.07, 6.45) is -1.05. The first-order chi connectivity index (χ1) is 19.4. The molecule has 214 valence electrons. The van der Waals surface area contributed by atoms with Gasteiger partial charge in [-0.1, -0.05) is 42.5 Å². The van der Waals surface area contributed by atoms with Crippen LogP contribution < -0.4 is 21.1 Å². The maximum absolute atomic E-state index is 13.1. The maximum Gasteiger partial charge on any atom is 0.436 e. The van der Waals surface area contributed by atoms with Crippen molar-refractivity contribution in [2.45, 2.75) is 39.4 Å². The van der Waals surface area contributed by atoms with E-state index < -0.39 is 29.5 Å². The average molecular weight is 561 g/mol. The Labute approximate surface area is 237 Å². The standard InChI is InChI=1S/C30H32N4O7/c1-30(2,3)41-29(39)34-26(31)20-9-11-21(12-10-20)28(38)33-23-17-22(27(37)32-16-15-25(35)36)13-14-24(23)40-18-19-7-5-4-6-8-19/h4-14,17H,15-16,18H2,1-3H3,(H,32,37)(H,33,38)(H,35,36)(H2,31,34,39). The second-order valence-electron chi connectivity index (χ2n) is 9.89. The molecule has 3 amide bonds. The van der Waals surface area contributed by atoms with E-state index in [4.69, 9.17) is 20.3 Å². The molecule has 0 unspecified atom stereocenters. The highest BCUT2D eigenvalue weighted by atomic mass is 16.6. The van der Waals surface area contributed by atoms with Gasteiger partial charge in [0.05, 0.1) is 12.1 Å². The van der Waals surface area contributed by atoms with Crippen LogP contribution in [0, 0.1) is 0 Å². The van der Waals surface area contributed by atoms with Crippen molar-refractivity contribution in [3.8, 4) is 5.75 Å². The molecule has 0 aliphatic carbocycles. The molecular formula is C30H32N4O7. The number of benzene rings is 3. The summed E-state index contributed by atoms with van der Waals surface area (Å²) in [6, 6.07) is 20.0. The van der Waals surface area contributed by atoms with Gasteiger partial charge in [-0.2, -0.15) is 4.99 Å². The van der Waals surface area contributed by atoms with E-state index in [0.29, 0.717) is 11.3 Å². The number of rotatable bonds is 10. The maximum atomic E-state index is 13.1. The van der Waals surface area contributed by atoms with Crippen LogP contribution in [0.5, 0.6) is 5.75 Å². The van der Waals surface area contributed by atoms with Crippen molar-refractivity contribution in [3.63, 3.8) is 0 Å². The number of nitrogens with zero attached hydrogens (tertiary/aromatic N) is 1. The minimum absolute atomic E-state index is 0.0468. The van der Waals surface area contributed by atoms with Gasteiger partial charge in [-0.25, -0.2) is 4.79 Å². The Kier molecular flexibility index (Phi) is 10.2. The van der Waals surface area contributed by atoms with Crippen molar-refractivity contribution in [2.75, 3.05) is 11.9 Å². The minimum Gasteiger partial charge on any atom is -0.487 e. The van der Waals surface area contributed by atoms with Gasteiger partial charge in [0.15, 0.2) is 0 Å². The van der Waals surface area contributed by atoms with E-state index >= 15 is 0 Å². The Morgan fingerprint density at radius 1 is 0.878 bits per heavy atom. The fourth-order valence-corrected chi connectivity index (χ4v) is 3.45. The Balaban J connectivity index is 1.78. The zero-order valence-corrected chi connectivity index (χ0v) is 23.0. The Morgan fingerprint density at radius 3 is 2.15 bits per heavy atom. The molecular weight excluding hydrogens is 528 g/mol. The first-order valence-electron chi connectivity index (χ1n) is 12.7. The third-order valence-electron chi connectivity index (χ3n) is 5.40. The normalized spacial score (nSPS) is 11.3. The summed E-state index contributed by atoms with van der Waals surface area (Å²) >= 11 is 0. The molecule has 11 heteroatoms. The van der Waals surface area contributed by atoms with Gasteiger partial charge < -0.3 is 30.9 Å². The molecule has 0 aliphatic heterocycles. The van der Waals surface area contributed by atoms with Crippen molar-refractivity contribution < 1.29 is 33.8 Å². The number of aliphatic imine (C=N–C) groups is 1. The lowest BCUT2D eigenvalue weighted by Gasteiger charge is -2.17. The predicted molar refractivity (Wildman–Crippen MR) is 153 cm³/mol. The van der Waals surface area contributed by atoms with Crippen LogP contribution in [0.15, 0.2) is 77.8 Å². The zero-order chi connectivity index (χ0) is 30.0. The predicted octanol–water partition coefficient (Wildman–Crippen LogP) is 4.36. The van der Waals surface area contributed by atoms with Crippen molar-refractivity contribution >= 4 is 35.4 Å². The molecule has 0 spiro atoms. The van der Waals surface area contributed by atoms with Crippen LogP contribution in [-0.4, -0.2) is 47.0 Å². The van der Waals surface area contributed by atoms with Crippen LogP contribution in [-0.2, 0) is 16.1 Å². The number of carboxylic acid groups (broad SMARTS) is 1. The summed E-state index contributed by atoms with van der Waals surface area (Å²) in [5.41, 5.74) is 7.24. The first-order valence-corrected chi connectivity index (χ1v) is 12.7. The van der Waals surface area contributed by atoms with E-state index in [2.05, 4.69) is 15.6 Å². The number of nitrogens with one attached hydrogen (secondary N) is 2.